The molecule has 0 aromatic heterocycles. The van der Waals surface area contributed by atoms with Crippen LogP contribution in [0.15, 0.2) is 12.1 Å². The summed E-state index contributed by atoms with van der Waals surface area (Å²) in [6.45, 7) is 6.24. The van der Waals surface area contributed by atoms with E-state index in [0.29, 0.717) is 35.3 Å². The summed E-state index contributed by atoms with van der Waals surface area (Å²) >= 11 is 5.46. The van der Waals surface area contributed by atoms with Gasteiger partial charge in [0.25, 0.3) is 0 Å². The van der Waals surface area contributed by atoms with Crippen LogP contribution in [-0.4, -0.2) is 47.7 Å². The number of aliphatic hydroxyl groups is 1. The van der Waals surface area contributed by atoms with E-state index in [4.69, 9.17) is 26.4 Å². The van der Waals surface area contributed by atoms with Crippen molar-refractivity contribution in [2.75, 3.05) is 21.3 Å². The van der Waals surface area contributed by atoms with Gasteiger partial charge >= 0.3 is 0 Å². The Kier molecular flexibility index (Phi) is 5.15. The summed E-state index contributed by atoms with van der Waals surface area (Å²) < 4.78 is 16.1. The Hall–Kier alpha value is -1.73. The quantitative estimate of drug-likeness (QED) is 0.787. The fraction of sp³-hybridized carbons (Fsp3) is 0.588. The van der Waals surface area contributed by atoms with Gasteiger partial charge in [-0.1, -0.05) is 0 Å². The molecular formula is C17H26N2O4S. The minimum Gasteiger partial charge on any atom is -0.493 e. The molecule has 1 aromatic rings. The molecule has 1 aromatic carbocycles. The molecule has 7 heteroatoms. The first-order valence-electron chi connectivity index (χ1n) is 7.74. The lowest BCUT2D eigenvalue weighted by molar-refractivity contribution is -0.0921. The topological polar surface area (TPSA) is 63.2 Å². The molecule has 6 nitrogen and oxygen atoms in total. The molecule has 1 heterocycles. The number of ether oxygens (including phenoxy) is 3. The van der Waals surface area contributed by atoms with Crippen LogP contribution in [0.5, 0.6) is 17.2 Å². The number of thiocarbonyl (C=S) groups is 1. The third-order valence-corrected chi connectivity index (χ3v) is 4.44. The van der Waals surface area contributed by atoms with Crippen molar-refractivity contribution < 1.29 is 19.3 Å². The maximum atomic E-state index is 10.9. The van der Waals surface area contributed by atoms with Gasteiger partial charge in [0.05, 0.1) is 21.3 Å². The van der Waals surface area contributed by atoms with E-state index in [1.54, 1.807) is 33.2 Å². The smallest absolute Gasteiger partial charge is 0.203 e. The zero-order chi connectivity index (χ0) is 18.1. The normalized spacial score (nSPS) is 22.8. The lowest BCUT2D eigenvalue weighted by Gasteiger charge is -2.49. The second-order valence-corrected chi connectivity index (χ2v) is 7.21. The van der Waals surface area contributed by atoms with Gasteiger partial charge in [-0.25, -0.2) is 0 Å². The fourth-order valence-electron chi connectivity index (χ4n) is 3.20. The average Bonchev–Trinajstić information content (AvgIpc) is 2.48. The lowest BCUT2D eigenvalue weighted by atomic mass is 9.90. The number of nitrogens with zero attached hydrogens (tertiary/aromatic N) is 1. The molecule has 24 heavy (non-hydrogen) atoms. The first-order valence-corrected chi connectivity index (χ1v) is 8.15. The molecule has 1 aliphatic heterocycles. The molecule has 0 radical (unpaired) electrons. The minimum absolute atomic E-state index is 0.258. The van der Waals surface area contributed by atoms with Crippen LogP contribution >= 0.6 is 12.2 Å². The molecule has 0 aliphatic carbocycles. The molecule has 0 unspecified atom stereocenters. The van der Waals surface area contributed by atoms with E-state index in [0.717, 1.165) is 5.56 Å². The van der Waals surface area contributed by atoms with Crippen molar-refractivity contribution in [3.63, 3.8) is 0 Å². The zero-order valence-electron chi connectivity index (χ0n) is 15.1. The summed E-state index contributed by atoms with van der Waals surface area (Å²) in [6.07, 6.45) is 0.546. The van der Waals surface area contributed by atoms with Crippen LogP contribution in [0.1, 0.15) is 32.8 Å². The SMILES string of the molecule is COc1cc(CN2C(=S)NC(C)(C)C[C@@]2(C)O)cc(OC)c1OC. The van der Waals surface area contributed by atoms with Crippen LogP contribution in [0.25, 0.3) is 0 Å². The van der Waals surface area contributed by atoms with Crippen LogP contribution < -0.4 is 19.5 Å². The van der Waals surface area contributed by atoms with E-state index < -0.39 is 5.72 Å². The summed E-state index contributed by atoms with van der Waals surface area (Å²) in [7, 11) is 4.72. The molecule has 0 saturated carbocycles. The van der Waals surface area contributed by atoms with Gasteiger partial charge < -0.3 is 29.5 Å². The zero-order valence-corrected chi connectivity index (χ0v) is 15.9. The molecule has 2 N–H and O–H groups in total. The first-order chi connectivity index (χ1) is 11.1. The highest BCUT2D eigenvalue weighted by molar-refractivity contribution is 7.80. The largest absolute Gasteiger partial charge is 0.493 e. The molecule has 0 amide bonds. The van der Waals surface area contributed by atoms with Gasteiger partial charge in [-0.05, 0) is 50.7 Å². The predicted molar refractivity (Wildman–Crippen MR) is 96.7 cm³/mol. The van der Waals surface area contributed by atoms with Crippen molar-refractivity contribution in [3.8, 4) is 17.2 Å². The van der Waals surface area contributed by atoms with Crippen molar-refractivity contribution in [1.29, 1.82) is 0 Å². The first kappa shape index (κ1) is 18.6. The fourth-order valence-corrected chi connectivity index (χ4v) is 3.74. The summed E-state index contributed by atoms with van der Waals surface area (Å²) in [4.78, 5) is 1.77. The average molecular weight is 354 g/mol. The minimum atomic E-state index is -1.05. The maximum absolute atomic E-state index is 10.9. The Labute approximate surface area is 148 Å². The molecule has 0 spiro atoms. The predicted octanol–water partition coefficient (Wildman–Crippen LogP) is 2.28. The van der Waals surface area contributed by atoms with Crippen LogP contribution in [0.4, 0.5) is 0 Å². The van der Waals surface area contributed by atoms with E-state index in [2.05, 4.69) is 5.32 Å². The van der Waals surface area contributed by atoms with Gasteiger partial charge in [-0.3, -0.25) is 0 Å². The number of hydrogen-bond donors (Lipinski definition) is 2. The van der Waals surface area contributed by atoms with Gasteiger partial charge in [0.1, 0.15) is 5.72 Å². The Morgan fingerprint density at radius 3 is 2.08 bits per heavy atom. The van der Waals surface area contributed by atoms with Crippen LogP contribution in [0.3, 0.4) is 0 Å². The number of rotatable bonds is 5. The Bertz CT molecular complexity index is 606. The molecular weight excluding hydrogens is 328 g/mol. The number of nitrogens with one attached hydrogen (secondary N) is 1. The van der Waals surface area contributed by atoms with Gasteiger partial charge in [0.2, 0.25) is 5.75 Å². The van der Waals surface area contributed by atoms with E-state index in [1.807, 2.05) is 26.0 Å². The second-order valence-electron chi connectivity index (χ2n) is 6.83. The Morgan fingerprint density at radius 2 is 1.67 bits per heavy atom. The van der Waals surface area contributed by atoms with Gasteiger partial charge in [0.15, 0.2) is 16.6 Å². The number of benzene rings is 1. The number of methoxy groups -OCH3 is 3. The third kappa shape index (κ3) is 3.67. The molecule has 0 bridgehead atoms. The van der Waals surface area contributed by atoms with Crippen molar-refractivity contribution in [3.05, 3.63) is 17.7 Å². The number of hydrogen-bond acceptors (Lipinski definition) is 5. The summed E-state index contributed by atoms with van der Waals surface area (Å²) in [5.41, 5.74) is -0.410. The van der Waals surface area contributed by atoms with Crippen molar-refractivity contribution in [1.82, 2.24) is 10.2 Å². The van der Waals surface area contributed by atoms with E-state index in [1.165, 1.54) is 0 Å². The third-order valence-electron chi connectivity index (χ3n) is 4.11. The van der Waals surface area contributed by atoms with Crippen molar-refractivity contribution in [2.24, 2.45) is 0 Å². The van der Waals surface area contributed by atoms with E-state index >= 15 is 0 Å². The summed E-state index contributed by atoms with van der Waals surface area (Å²) in [5, 5.41) is 14.7. The molecule has 1 aliphatic rings. The van der Waals surface area contributed by atoms with Crippen molar-refractivity contribution in [2.45, 2.75) is 45.0 Å². The van der Waals surface area contributed by atoms with Crippen LogP contribution in [0, 0.1) is 0 Å². The maximum Gasteiger partial charge on any atom is 0.203 e. The standard InChI is InChI=1S/C17H26N2O4S/c1-16(2)10-17(3,20)19(15(24)18-16)9-11-7-12(21-4)14(23-6)13(8-11)22-5/h7-8,20H,9-10H2,1-6H3,(H,18,24)/t17-/m1/s1. The molecule has 1 fully saturated rings. The Balaban J connectivity index is 2.35. The highest BCUT2D eigenvalue weighted by Gasteiger charge is 2.42. The molecule has 1 atom stereocenters. The lowest BCUT2D eigenvalue weighted by Crippen LogP contribution is -2.65. The Morgan fingerprint density at radius 1 is 1.12 bits per heavy atom. The monoisotopic (exact) mass is 354 g/mol. The van der Waals surface area contributed by atoms with Crippen LogP contribution in [-0.2, 0) is 6.54 Å². The van der Waals surface area contributed by atoms with Crippen LogP contribution in [0.2, 0.25) is 0 Å². The van der Waals surface area contributed by atoms with Crippen molar-refractivity contribution >= 4 is 17.3 Å². The molecule has 2 rings (SSSR count). The summed E-state index contributed by atoms with van der Waals surface area (Å²) in [6, 6.07) is 3.72. The van der Waals surface area contributed by atoms with E-state index in [9.17, 15) is 5.11 Å². The second kappa shape index (κ2) is 6.64. The highest BCUT2D eigenvalue weighted by Crippen LogP contribution is 2.39. The van der Waals surface area contributed by atoms with Gasteiger partial charge in [-0.2, -0.15) is 0 Å². The highest BCUT2D eigenvalue weighted by atomic mass is 32.1. The van der Waals surface area contributed by atoms with E-state index in [-0.39, 0.29) is 5.54 Å². The summed E-state index contributed by atoms with van der Waals surface area (Å²) in [5.74, 6) is 1.68. The van der Waals surface area contributed by atoms with Gasteiger partial charge in [0, 0.05) is 18.5 Å². The molecule has 134 valence electrons. The van der Waals surface area contributed by atoms with Gasteiger partial charge in [-0.15, -0.1) is 0 Å². The molecule has 1 saturated heterocycles.